The van der Waals surface area contributed by atoms with Gasteiger partial charge in [-0.05, 0) is 20.8 Å². The second-order valence-electron chi connectivity index (χ2n) is 3.21. The Labute approximate surface area is 104 Å². The maximum absolute atomic E-state index is 4.37. The van der Waals surface area contributed by atoms with Gasteiger partial charge >= 0.3 is 0 Å². The number of thiol groups is 1. The molecule has 0 aliphatic carbocycles. The zero-order valence-corrected chi connectivity index (χ0v) is 11.6. The Morgan fingerprint density at radius 1 is 1.62 bits per heavy atom. The number of hydrogen-bond acceptors (Lipinski definition) is 4. The maximum atomic E-state index is 4.37. The lowest BCUT2D eigenvalue weighted by molar-refractivity contribution is 0.639. The first-order valence-electron chi connectivity index (χ1n) is 5.48. The van der Waals surface area contributed by atoms with Gasteiger partial charge in [0.15, 0.2) is 0 Å². The molecular formula is C12H21N3S. The summed E-state index contributed by atoms with van der Waals surface area (Å²) >= 11 is 4.26. The molecule has 90 valence electrons. The second-order valence-corrected chi connectivity index (χ2v) is 3.67. The first-order chi connectivity index (χ1) is 7.56. The highest BCUT2D eigenvalue weighted by Gasteiger charge is 2.22. The van der Waals surface area contributed by atoms with Crippen LogP contribution in [0.15, 0.2) is 34.0 Å². The quantitative estimate of drug-likeness (QED) is 0.697. The molecule has 3 nitrogen and oxygen atoms in total. The second kappa shape index (κ2) is 7.28. The Bertz CT molecular complexity index is 329. The van der Waals surface area contributed by atoms with Crippen LogP contribution in [-0.4, -0.2) is 22.4 Å². The lowest BCUT2D eigenvalue weighted by Crippen LogP contribution is -2.36. The first-order valence-corrected chi connectivity index (χ1v) is 5.88. The topological polar surface area (TPSA) is 28.0 Å². The van der Waals surface area contributed by atoms with Crippen LogP contribution in [0.5, 0.6) is 0 Å². The molecule has 0 saturated carbocycles. The van der Waals surface area contributed by atoms with Crippen LogP contribution in [0.3, 0.4) is 0 Å². The molecule has 1 heterocycles. The third-order valence-corrected chi connectivity index (χ3v) is 2.40. The highest BCUT2D eigenvalue weighted by atomic mass is 32.1. The standard InChI is InChI=1S/C10H15N3S.C2H6/c1-5-9-10(12-7(2)3)8(4)13(14)6-11-9;1-2/h5-6,8,14H,2H2,1,3-4H3;1-2H3/b9-5+,12-10?;. The number of aliphatic imine (C=N–C) groups is 2. The van der Waals surface area contributed by atoms with Crippen molar-refractivity contribution in [1.82, 2.24) is 4.31 Å². The molecule has 1 aliphatic heterocycles. The summed E-state index contributed by atoms with van der Waals surface area (Å²) in [5.41, 5.74) is 2.59. The Balaban J connectivity index is 0.00000106. The molecule has 0 N–H and O–H groups in total. The lowest BCUT2D eigenvalue weighted by atomic mass is 10.1. The highest BCUT2D eigenvalue weighted by Crippen LogP contribution is 2.17. The van der Waals surface area contributed by atoms with Crippen LogP contribution in [0.4, 0.5) is 0 Å². The van der Waals surface area contributed by atoms with Gasteiger partial charge in [-0.15, -0.1) is 0 Å². The van der Waals surface area contributed by atoms with Crippen LogP contribution in [-0.2, 0) is 0 Å². The van der Waals surface area contributed by atoms with E-state index in [2.05, 4.69) is 29.4 Å². The summed E-state index contributed by atoms with van der Waals surface area (Å²) in [7, 11) is 0. The van der Waals surface area contributed by atoms with Gasteiger partial charge in [-0.25, -0.2) is 4.99 Å². The van der Waals surface area contributed by atoms with E-state index in [0.717, 1.165) is 17.1 Å². The molecule has 0 radical (unpaired) electrons. The summed E-state index contributed by atoms with van der Waals surface area (Å²) < 4.78 is 1.73. The van der Waals surface area contributed by atoms with Gasteiger partial charge in [-0.1, -0.05) is 39.3 Å². The number of nitrogens with zero attached hydrogens (tertiary/aromatic N) is 3. The predicted molar refractivity (Wildman–Crippen MR) is 76.1 cm³/mol. The minimum absolute atomic E-state index is 0.124. The summed E-state index contributed by atoms with van der Waals surface area (Å²) in [5, 5.41) is 0. The SMILES string of the molecule is C=C(C)N=C1/C(=C\C)N=CN(S)C1C.CC. The minimum Gasteiger partial charge on any atom is -0.300 e. The average Bonchev–Trinajstić information content (AvgIpc) is 2.27. The van der Waals surface area contributed by atoms with Crippen molar-refractivity contribution in [3.05, 3.63) is 24.0 Å². The van der Waals surface area contributed by atoms with Crippen molar-refractivity contribution in [1.29, 1.82) is 0 Å². The van der Waals surface area contributed by atoms with E-state index in [1.165, 1.54) is 0 Å². The molecule has 1 unspecified atom stereocenters. The third kappa shape index (κ3) is 3.85. The summed E-state index contributed by atoms with van der Waals surface area (Å²) in [6, 6.07) is 0.124. The van der Waals surface area contributed by atoms with Crippen LogP contribution in [0.1, 0.15) is 34.6 Å². The zero-order valence-electron chi connectivity index (χ0n) is 10.7. The van der Waals surface area contributed by atoms with Gasteiger partial charge in [0.05, 0.1) is 17.5 Å². The van der Waals surface area contributed by atoms with Gasteiger partial charge in [0.1, 0.15) is 6.34 Å². The van der Waals surface area contributed by atoms with E-state index in [-0.39, 0.29) is 6.04 Å². The molecular weight excluding hydrogens is 218 g/mol. The Morgan fingerprint density at radius 2 is 2.19 bits per heavy atom. The van der Waals surface area contributed by atoms with Gasteiger partial charge in [0, 0.05) is 5.70 Å². The smallest absolute Gasteiger partial charge is 0.102 e. The molecule has 0 amide bonds. The van der Waals surface area contributed by atoms with E-state index in [4.69, 9.17) is 0 Å². The number of rotatable bonds is 1. The molecule has 0 spiro atoms. The molecule has 0 saturated heterocycles. The summed E-state index contributed by atoms with van der Waals surface area (Å²) in [5.74, 6) is 0. The van der Waals surface area contributed by atoms with E-state index in [1.807, 2.05) is 40.7 Å². The summed E-state index contributed by atoms with van der Waals surface area (Å²) in [6.45, 7) is 13.6. The minimum atomic E-state index is 0.124. The molecule has 0 aromatic rings. The zero-order chi connectivity index (χ0) is 12.7. The molecule has 4 heteroatoms. The summed E-state index contributed by atoms with van der Waals surface area (Å²) in [4.78, 5) is 8.60. The Hall–Kier alpha value is -1.03. The van der Waals surface area contributed by atoms with E-state index in [1.54, 1.807) is 10.6 Å². The average molecular weight is 239 g/mol. The van der Waals surface area contributed by atoms with Crippen molar-refractivity contribution in [2.45, 2.75) is 40.7 Å². The van der Waals surface area contributed by atoms with E-state index >= 15 is 0 Å². The van der Waals surface area contributed by atoms with Gasteiger partial charge < -0.3 is 4.31 Å². The molecule has 0 aromatic heterocycles. The monoisotopic (exact) mass is 239 g/mol. The van der Waals surface area contributed by atoms with Crippen LogP contribution < -0.4 is 0 Å². The van der Waals surface area contributed by atoms with Crippen molar-refractivity contribution in [3.63, 3.8) is 0 Å². The molecule has 16 heavy (non-hydrogen) atoms. The van der Waals surface area contributed by atoms with Gasteiger partial charge in [-0.2, -0.15) is 0 Å². The number of hydrogen-bond donors (Lipinski definition) is 1. The maximum Gasteiger partial charge on any atom is 0.102 e. The molecule has 0 aromatic carbocycles. The van der Waals surface area contributed by atoms with E-state index in [9.17, 15) is 0 Å². The molecule has 1 rings (SSSR count). The third-order valence-electron chi connectivity index (χ3n) is 1.95. The van der Waals surface area contributed by atoms with Crippen molar-refractivity contribution in [2.24, 2.45) is 9.98 Å². The molecule has 0 bridgehead atoms. The van der Waals surface area contributed by atoms with Gasteiger partial charge in [-0.3, -0.25) is 4.99 Å². The van der Waals surface area contributed by atoms with Crippen molar-refractivity contribution < 1.29 is 0 Å². The van der Waals surface area contributed by atoms with Crippen LogP contribution in [0, 0.1) is 0 Å². The van der Waals surface area contributed by atoms with Gasteiger partial charge in [0.2, 0.25) is 0 Å². The fourth-order valence-electron chi connectivity index (χ4n) is 1.21. The highest BCUT2D eigenvalue weighted by molar-refractivity contribution is 7.78. The van der Waals surface area contributed by atoms with Crippen molar-refractivity contribution >= 4 is 24.9 Å². The fraction of sp³-hybridized carbons (Fsp3) is 0.500. The Morgan fingerprint density at radius 3 is 2.62 bits per heavy atom. The normalized spacial score (nSPS) is 24.4. The van der Waals surface area contributed by atoms with E-state index < -0.39 is 0 Å². The van der Waals surface area contributed by atoms with E-state index in [0.29, 0.717) is 0 Å². The van der Waals surface area contributed by atoms with Crippen molar-refractivity contribution in [2.75, 3.05) is 0 Å². The summed E-state index contributed by atoms with van der Waals surface area (Å²) in [6.07, 6.45) is 3.64. The predicted octanol–water partition coefficient (Wildman–Crippen LogP) is 3.47. The fourth-order valence-corrected chi connectivity index (χ4v) is 1.37. The molecule has 1 aliphatic rings. The Kier molecular flexibility index (Phi) is 6.81. The lowest BCUT2D eigenvalue weighted by Gasteiger charge is -2.27. The molecule has 1 atom stereocenters. The van der Waals surface area contributed by atoms with Crippen molar-refractivity contribution in [3.8, 4) is 0 Å². The molecule has 0 fully saturated rings. The number of allylic oxidation sites excluding steroid dienone is 2. The largest absolute Gasteiger partial charge is 0.300 e. The van der Waals surface area contributed by atoms with Crippen LogP contribution in [0.25, 0.3) is 0 Å². The van der Waals surface area contributed by atoms with Crippen LogP contribution >= 0.6 is 12.8 Å². The van der Waals surface area contributed by atoms with Gasteiger partial charge in [0.25, 0.3) is 0 Å². The van der Waals surface area contributed by atoms with Crippen LogP contribution in [0.2, 0.25) is 0 Å². The first kappa shape index (κ1) is 15.0.